The van der Waals surface area contributed by atoms with Crippen LogP contribution < -0.4 is 10.1 Å². The van der Waals surface area contributed by atoms with Gasteiger partial charge in [0.25, 0.3) is 0 Å². The van der Waals surface area contributed by atoms with Gasteiger partial charge in [-0.2, -0.15) is 4.98 Å². The van der Waals surface area contributed by atoms with E-state index in [0.717, 1.165) is 47.8 Å². The summed E-state index contributed by atoms with van der Waals surface area (Å²) in [5.41, 5.74) is 4.05. The molecule has 180 valence electrons. The first-order valence-corrected chi connectivity index (χ1v) is 11.5. The van der Waals surface area contributed by atoms with Gasteiger partial charge in [-0.1, -0.05) is 11.3 Å². The highest BCUT2D eigenvalue weighted by atomic mass is 19.1. The van der Waals surface area contributed by atoms with Crippen LogP contribution in [0.15, 0.2) is 30.5 Å². The number of methoxy groups -OCH3 is 1. The van der Waals surface area contributed by atoms with Crippen LogP contribution in [0.25, 0.3) is 27.7 Å². The highest BCUT2D eigenvalue weighted by Gasteiger charge is 2.23. The summed E-state index contributed by atoms with van der Waals surface area (Å²) in [6.45, 7) is 0.0913. The van der Waals surface area contributed by atoms with Gasteiger partial charge in [-0.15, -0.1) is 10.2 Å². The van der Waals surface area contributed by atoms with Crippen molar-refractivity contribution in [1.82, 2.24) is 29.6 Å². The van der Waals surface area contributed by atoms with Gasteiger partial charge in [0.2, 0.25) is 11.8 Å². The Balaban J connectivity index is 1.40. The van der Waals surface area contributed by atoms with Gasteiger partial charge < -0.3 is 19.9 Å². The van der Waals surface area contributed by atoms with E-state index in [-0.39, 0.29) is 25.3 Å². The van der Waals surface area contributed by atoms with Crippen LogP contribution in [0.2, 0.25) is 0 Å². The Kier molecular flexibility index (Phi) is 6.54. The molecule has 3 aromatic heterocycles. The summed E-state index contributed by atoms with van der Waals surface area (Å²) in [4.78, 5) is 4.63. The van der Waals surface area contributed by atoms with E-state index in [4.69, 9.17) is 14.6 Å². The Hall–Kier alpha value is -3.31. The third-order valence-corrected chi connectivity index (χ3v) is 6.25. The first-order valence-electron chi connectivity index (χ1n) is 11.5. The fourth-order valence-corrected chi connectivity index (χ4v) is 4.58. The number of hydrogen-bond acceptors (Lipinski definition) is 8. The van der Waals surface area contributed by atoms with Crippen molar-refractivity contribution in [2.45, 2.75) is 44.4 Å². The normalized spacial score (nSPS) is 18.6. The Morgan fingerprint density at radius 2 is 2.06 bits per heavy atom. The topological polar surface area (TPSA) is 112 Å². The van der Waals surface area contributed by atoms with Crippen LogP contribution in [0.4, 0.5) is 10.3 Å². The number of nitrogens with zero attached hydrogens (tertiary/aromatic N) is 6. The number of aromatic nitrogens is 6. The minimum Gasteiger partial charge on any atom is -0.479 e. The second kappa shape index (κ2) is 9.90. The van der Waals surface area contributed by atoms with Gasteiger partial charge in [0, 0.05) is 17.8 Å². The number of aryl methyl sites for hydroxylation is 1. The van der Waals surface area contributed by atoms with Gasteiger partial charge in [0.15, 0.2) is 0 Å². The van der Waals surface area contributed by atoms with Crippen LogP contribution in [0.1, 0.15) is 25.7 Å². The molecule has 1 saturated carbocycles. The molecule has 1 fully saturated rings. The molecule has 0 saturated heterocycles. The van der Waals surface area contributed by atoms with Crippen molar-refractivity contribution >= 4 is 22.5 Å². The number of benzene rings is 1. The van der Waals surface area contributed by atoms with E-state index in [2.05, 4.69) is 25.7 Å². The lowest BCUT2D eigenvalue weighted by molar-refractivity contribution is 0.00718. The predicted octanol–water partition coefficient (Wildman–Crippen LogP) is 2.85. The molecule has 0 bridgehead atoms. The van der Waals surface area contributed by atoms with E-state index in [1.807, 2.05) is 30.5 Å². The number of aliphatic hydroxyl groups is 1. The van der Waals surface area contributed by atoms with Gasteiger partial charge in [-0.25, -0.2) is 13.6 Å². The summed E-state index contributed by atoms with van der Waals surface area (Å²) < 4.78 is 27.5. The van der Waals surface area contributed by atoms with Crippen molar-refractivity contribution in [3.05, 3.63) is 30.5 Å². The van der Waals surface area contributed by atoms with Gasteiger partial charge in [0.1, 0.15) is 17.7 Å². The molecule has 0 unspecified atom stereocenters. The summed E-state index contributed by atoms with van der Waals surface area (Å²) in [6.07, 6.45) is 5.82. The third kappa shape index (κ3) is 4.40. The second-order valence-electron chi connectivity index (χ2n) is 8.38. The minimum atomic E-state index is -0.507. The first-order chi connectivity index (χ1) is 16.7. The fourth-order valence-electron chi connectivity index (χ4n) is 4.58. The van der Waals surface area contributed by atoms with Crippen molar-refractivity contribution in [3.63, 3.8) is 0 Å². The zero-order chi connectivity index (χ0) is 23.5. The molecule has 2 N–H and O–H groups in total. The molecular formula is C23H28FN7O3. The smallest absolute Gasteiger partial charge is 0.244 e. The quantitative estimate of drug-likeness (QED) is 0.385. The third-order valence-electron chi connectivity index (χ3n) is 6.25. The van der Waals surface area contributed by atoms with Gasteiger partial charge in [-0.3, -0.25) is 0 Å². The lowest BCUT2D eigenvalue weighted by Gasteiger charge is -2.29. The summed E-state index contributed by atoms with van der Waals surface area (Å²) in [5.74, 6) is 0.972. The van der Waals surface area contributed by atoms with Crippen molar-refractivity contribution < 1.29 is 19.0 Å². The average molecular weight is 470 g/mol. The monoisotopic (exact) mass is 469 g/mol. The molecule has 0 amide bonds. The molecule has 0 radical (unpaired) electrons. The first kappa shape index (κ1) is 22.5. The molecule has 0 aliphatic heterocycles. The molecule has 1 aliphatic carbocycles. The molecule has 0 spiro atoms. The van der Waals surface area contributed by atoms with Crippen LogP contribution in [0.5, 0.6) is 5.88 Å². The molecule has 10 nitrogen and oxygen atoms in total. The summed E-state index contributed by atoms with van der Waals surface area (Å²) in [6, 6.07) is 7.99. The average Bonchev–Trinajstić information content (AvgIpc) is 3.47. The maximum atomic E-state index is 12.9. The second-order valence-corrected chi connectivity index (χ2v) is 8.38. The van der Waals surface area contributed by atoms with E-state index in [1.54, 1.807) is 16.3 Å². The van der Waals surface area contributed by atoms with Crippen molar-refractivity contribution in [2.24, 2.45) is 0 Å². The highest BCUT2D eigenvalue weighted by molar-refractivity contribution is 5.89. The predicted molar refractivity (Wildman–Crippen MR) is 125 cm³/mol. The molecule has 3 heterocycles. The number of ether oxygens (including phenoxy) is 2. The number of aliphatic hydroxyl groups excluding tert-OH is 1. The standard InChI is InChI=1S/C23H28FN7O3/c1-33-22-21-18(15-2-7-19-20(14-15)30(11-9-24)29-27-19)8-10-31(21)28-23(26-22)25-16-3-5-17(6-4-16)34-13-12-32/h2,7-8,10,14,16-17,32H,3-6,9,11-13H2,1H3,(H,25,28). The Labute approximate surface area is 195 Å². The highest BCUT2D eigenvalue weighted by Crippen LogP contribution is 2.33. The minimum absolute atomic E-state index is 0.0523. The molecule has 5 rings (SSSR count). The lowest BCUT2D eigenvalue weighted by Crippen LogP contribution is -2.31. The number of halogens is 1. The summed E-state index contributed by atoms with van der Waals surface area (Å²) >= 11 is 0. The number of rotatable bonds is 9. The maximum absolute atomic E-state index is 12.9. The summed E-state index contributed by atoms with van der Waals surface area (Å²) in [5, 5.41) is 25.2. The van der Waals surface area contributed by atoms with Crippen LogP contribution in [-0.4, -0.2) is 73.8 Å². The van der Waals surface area contributed by atoms with Crippen LogP contribution in [-0.2, 0) is 11.3 Å². The molecule has 0 atom stereocenters. The van der Waals surface area contributed by atoms with Crippen LogP contribution in [0, 0.1) is 0 Å². The Bertz CT molecular complexity index is 1270. The van der Waals surface area contributed by atoms with Gasteiger partial charge in [-0.05, 0) is 49.4 Å². The molecule has 4 aromatic rings. The number of hydrogen-bond donors (Lipinski definition) is 2. The maximum Gasteiger partial charge on any atom is 0.244 e. The van der Waals surface area contributed by atoms with Crippen molar-refractivity contribution in [2.75, 3.05) is 32.3 Å². The van der Waals surface area contributed by atoms with Crippen molar-refractivity contribution in [1.29, 1.82) is 0 Å². The van der Waals surface area contributed by atoms with Crippen LogP contribution >= 0.6 is 0 Å². The van der Waals surface area contributed by atoms with E-state index < -0.39 is 6.67 Å². The van der Waals surface area contributed by atoms with Crippen LogP contribution in [0.3, 0.4) is 0 Å². The fraction of sp³-hybridized carbons (Fsp3) is 0.478. The Morgan fingerprint density at radius 1 is 1.21 bits per heavy atom. The van der Waals surface area contributed by atoms with Gasteiger partial charge in [0.05, 0.1) is 38.5 Å². The molecular weight excluding hydrogens is 441 g/mol. The zero-order valence-corrected chi connectivity index (χ0v) is 19.0. The largest absolute Gasteiger partial charge is 0.479 e. The SMILES string of the molecule is COc1nc(NC2CCC(OCCO)CC2)nn2ccc(-c3ccc4nnn(CCF)c4c3)c12. The summed E-state index contributed by atoms with van der Waals surface area (Å²) in [7, 11) is 1.59. The number of fused-ring (bicyclic) bond motifs is 2. The number of alkyl halides is 1. The van der Waals surface area contributed by atoms with Gasteiger partial charge >= 0.3 is 0 Å². The van der Waals surface area contributed by atoms with Crippen molar-refractivity contribution in [3.8, 4) is 17.0 Å². The molecule has 34 heavy (non-hydrogen) atoms. The molecule has 11 heteroatoms. The number of anilines is 1. The van der Waals surface area contributed by atoms with E-state index in [1.165, 1.54) is 0 Å². The van der Waals surface area contributed by atoms with E-state index >= 15 is 0 Å². The lowest BCUT2D eigenvalue weighted by atomic mass is 9.93. The van der Waals surface area contributed by atoms with E-state index in [9.17, 15) is 4.39 Å². The number of nitrogens with one attached hydrogen (secondary N) is 1. The molecule has 1 aromatic carbocycles. The molecule has 1 aliphatic rings. The Morgan fingerprint density at radius 3 is 2.82 bits per heavy atom. The van der Waals surface area contributed by atoms with E-state index in [0.29, 0.717) is 24.0 Å². The zero-order valence-electron chi connectivity index (χ0n) is 19.0.